The monoisotopic (exact) mass is 334 g/mol. The first-order chi connectivity index (χ1) is 11.4. The zero-order valence-corrected chi connectivity index (χ0v) is 13.2. The average molecular weight is 334 g/mol. The highest BCUT2D eigenvalue weighted by molar-refractivity contribution is 6.02. The molecule has 128 valence electrons. The van der Waals surface area contributed by atoms with Gasteiger partial charge < -0.3 is 24.8 Å². The maximum absolute atomic E-state index is 12.4. The molecule has 7 nitrogen and oxygen atoms in total. The van der Waals surface area contributed by atoms with E-state index in [0.717, 1.165) is 0 Å². The number of carbonyl (C=O) groups is 2. The van der Waals surface area contributed by atoms with E-state index in [2.05, 4.69) is 0 Å². The quantitative estimate of drug-likeness (QED) is 0.720. The number of hydrogen-bond acceptors (Lipinski definition) is 5. The average Bonchev–Trinajstić information content (AvgIpc) is 2.59. The molecule has 0 aromatic heterocycles. The number of carboxylic acid groups (broad SMARTS) is 2. The van der Waals surface area contributed by atoms with Crippen molar-refractivity contribution in [3.05, 3.63) is 59.7 Å². The maximum atomic E-state index is 12.4. The van der Waals surface area contributed by atoms with Gasteiger partial charge in [-0.25, -0.2) is 4.79 Å². The summed E-state index contributed by atoms with van der Waals surface area (Å²) in [6.07, 6.45) is -3.06. The molecule has 0 aliphatic carbocycles. The molecule has 2 aromatic rings. The van der Waals surface area contributed by atoms with E-state index in [1.807, 2.05) is 6.07 Å². The summed E-state index contributed by atoms with van der Waals surface area (Å²) in [4.78, 5) is 21.0. The highest BCUT2D eigenvalue weighted by Crippen LogP contribution is 2.33. The molecule has 0 aliphatic rings. The molecule has 24 heavy (non-hydrogen) atoms. The molecule has 0 saturated heterocycles. The van der Waals surface area contributed by atoms with Gasteiger partial charge in [0.15, 0.2) is 17.3 Å². The van der Waals surface area contributed by atoms with Gasteiger partial charge in [0.25, 0.3) is 0 Å². The third-order valence-corrected chi connectivity index (χ3v) is 3.03. The number of aliphatic hydroxyl groups is 1. The second-order valence-corrected chi connectivity index (χ2v) is 4.50. The number of methoxy groups -OCH3 is 2. The van der Waals surface area contributed by atoms with Gasteiger partial charge in [0.05, 0.1) is 19.8 Å². The van der Waals surface area contributed by atoms with Crippen LogP contribution in [0, 0.1) is 0 Å². The van der Waals surface area contributed by atoms with Crippen molar-refractivity contribution in [2.24, 2.45) is 0 Å². The molecule has 0 amide bonds. The summed E-state index contributed by atoms with van der Waals surface area (Å²) in [7, 11) is 2.96. The van der Waals surface area contributed by atoms with Gasteiger partial charge in [-0.3, -0.25) is 4.79 Å². The van der Waals surface area contributed by atoms with Crippen LogP contribution in [0.2, 0.25) is 0 Å². The van der Waals surface area contributed by atoms with E-state index in [4.69, 9.17) is 24.5 Å². The number of hydrogen-bond donors (Lipinski definition) is 3. The smallest absolute Gasteiger partial charge is 0.493 e. The van der Waals surface area contributed by atoms with Gasteiger partial charge >= 0.3 is 6.16 Å². The predicted octanol–water partition coefficient (Wildman–Crippen LogP) is 2.84. The summed E-state index contributed by atoms with van der Waals surface area (Å²) < 4.78 is 10.4. The minimum absolute atomic E-state index is 0.295. The molecule has 1 unspecified atom stereocenters. The van der Waals surface area contributed by atoms with E-state index >= 15 is 0 Å². The largest absolute Gasteiger partial charge is 0.503 e. The van der Waals surface area contributed by atoms with E-state index in [9.17, 15) is 9.90 Å². The lowest BCUT2D eigenvalue weighted by Gasteiger charge is -2.14. The fourth-order valence-corrected chi connectivity index (χ4v) is 2.02. The summed E-state index contributed by atoms with van der Waals surface area (Å²) in [6.45, 7) is 0. The Balaban J connectivity index is 0.000000648. The van der Waals surface area contributed by atoms with E-state index in [1.165, 1.54) is 14.2 Å². The summed E-state index contributed by atoms with van der Waals surface area (Å²) in [5.41, 5.74) is 0.838. The van der Waals surface area contributed by atoms with Crippen molar-refractivity contribution in [1.29, 1.82) is 0 Å². The lowest BCUT2D eigenvalue weighted by atomic mass is 9.99. The number of para-hydroxylation sites is 1. The van der Waals surface area contributed by atoms with Crippen LogP contribution < -0.4 is 9.47 Å². The number of Topliss-reactive ketones (excluding diaryl/α,β-unsaturated/α-hetero) is 1. The molecule has 0 heterocycles. The Kier molecular flexibility index (Phi) is 7.25. The van der Waals surface area contributed by atoms with Gasteiger partial charge in [-0.2, -0.15) is 0 Å². The number of rotatable bonds is 5. The molecule has 7 heteroatoms. The first-order valence-corrected chi connectivity index (χ1v) is 6.82. The SMILES string of the molecule is COc1cccc(C(=O)C(O)c2ccccc2)c1OC.O=C(O)O. The van der Waals surface area contributed by atoms with Gasteiger partial charge in [-0.1, -0.05) is 36.4 Å². The van der Waals surface area contributed by atoms with Crippen molar-refractivity contribution in [1.82, 2.24) is 0 Å². The van der Waals surface area contributed by atoms with Gasteiger partial charge in [0.1, 0.15) is 6.10 Å². The van der Waals surface area contributed by atoms with Crippen LogP contribution in [-0.4, -0.2) is 41.5 Å². The molecule has 0 aliphatic heterocycles. The van der Waals surface area contributed by atoms with Gasteiger partial charge in [0, 0.05) is 0 Å². The van der Waals surface area contributed by atoms with Gasteiger partial charge in [-0.05, 0) is 17.7 Å². The Hall–Kier alpha value is -3.06. The lowest BCUT2D eigenvalue weighted by molar-refractivity contribution is 0.0743. The van der Waals surface area contributed by atoms with Crippen molar-refractivity contribution < 1.29 is 34.4 Å². The number of aliphatic hydroxyl groups excluding tert-OH is 1. The zero-order chi connectivity index (χ0) is 18.1. The minimum Gasteiger partial charge on any atom is -0.493 e. The molecule has 0 saturated carbocycles. The summed E-state index contributed by atoms with van der Waals surface area (Å²) in [5, 5.41) is 24.1. The Labute approximate surface area is 138 Å². The second-order valence-electron chi connectivity index (χ2n) is 4.50. The van der Waals surface area contributed by atoms with Crippen LogP contribution in [0.25, 0.3) is 0 Å². The van der Waals surface area contributed by atoms with E-state index in [0.29, 0.717) is 22.6 Å². The lowest BCUT2D eigenvalue weighted by Crippen LogP contribution is -2.13. The standard InChI is InChI=1S/C16H16O4.CH2O3/c1-19-13-10-6-9-12(16(13)20-2)15(18)14(17)11-7-4-3-5-8-11;2-1(3)4/h3-10,14,17H,1-2H3;(H2,2,3,4). The molecule has 2 aromatic carbocycles. The topological polar surface area (TPSA) is 113 Å². The van der Waals surface area contributed by atoms with Crippen molar-refractivity contribution in [3.8, 4) is 11.5 Å². The predicted molar refractivity (Wildman–Crippen MR) is 85.9 cm³/mol. The molecule has 3 N–H and O–H groups in total. The van der Waals surface area contributed by atoms with Crippen molar-refractivity contribution in [3.63, 3.8) is 0 Å². The molecule has 0 spiro atoms. The molecule has 0 fully saturated rings. The van der Waals surface area contributed by atoms with Crippen LogP contribution in [0.15, 0.2) is 48.5 Å². The number of ether oxygens (including phenoxy) is 2. The summed E-state index contributed by atoms with van der Waals surface area (Å²) >= 11 is 0. The number of ketones is 1. The van der Waals surface area contributed by atoms with Crippen molar-refractivity contribution >= 4 is 11.9 Å². The van der Waals surface area contributed by atoms with Crippen molar-refractivity contribution in [2.45, 2.75) is 6.10 Å². The third-order valence-electron chi connectivity index (χ3n) is 3.03. The van der Waals surface area contributed by atoms with Crippen LogP contribution in [0.3, 0.4) is 0 Å². The Morgan fingerprint density at radius 3 is 2.00 bits per heavy atom. The molecule has 1 atom stereocenters. The molecular formula is C17H18O7. The highest BCUT2D eigenvalue weighted by atomic mass is 16.6. The molecular weight excluding hydrogens is 316 g/mol. The Morgan fingerprint density at radius 2 is 1.50 bits per heavy atom. The summed E-state index contributed by atoms with van der Waals surface area (Å²) in [6, 6.07) is 13.8. The first kappa shape index (κ1) is 19.0. The van der Waals surface area contributed by atoms with E-state index in [-0.39, 0.29) is 0 Å². The second kappa shape index (κ2) is 9.16. The minimum atomic E-state index is -1.83. The Morgan fingerprint density at radius 1 is 0.917 bits per heavy atom. The van der Waals surface area contributed by atoms with E-state index < -0.39 is 18.0 Å². The van der Waals surface area contributed by atoms with Gasteiger partial charge in [-0.15, -0.1) is 0 Å². The number of benzene rings is 2. The highest BCUT2D eigenvalue weighted by Gasteiger charge is 2.24. The van der Waals surface area contributed by atoms with E-state index in [1.54, 1.807) is 42.5 Å². The van der Waals surface area contributed by atoms with Crippen LogP contribution >= 0.6 is 0 Å². The molecule has 0 radical (unpaired) electrons. The van der Waals surface area contributed by atoms with Crippen LogP contribution in [0.1, 0.15) is 22.0 Å². The molecule has 2 rings (SSSR count). The van der Waals surface area contributed by atoms with Gasteiger partial charge in [0.2, 0.25) is 0 Å². The zero-order valence-electron chi connectivity index (χ0n) is 13.2. The summed E-state index contributed by atoms with van der Waals surface area (Å²) in [5.74, 6) is 0.362. The number of carbonyl (C=O) groups excluding carboxylic acids is 1. The fraction of sp³-hybridized carbons (Fsp3) is 0.176. The third kappa shape index (κ3) is 4.99. The first-order valence-electron chi connectivity index (χ1n) is 6.82. The normalized spacial score (nSPS) is 10.8. The van der Waals surface area contributed by atoms with Crippen LogP contribution in [-0.2, 0) is 0 Å². The fourth-order valence-electron chi connectivity index (χ4n) is 2.02. The maximum Gasteiger partial charge on any atom is 0.503 e. The molecule has 0 bridgehead atoms. The van der Waals surface area contributed by atoms with Crippen LogP contribution in [0.4, 0.5) is 4.79 Å². The van der Waals surface area contributed by atoms with Crippen LogP contribution in [0.5, 0.6) is 11.5 Å². The van der Waals surface area contributed by atoms with Crippen molar-refractivity contribution in [2.75, 3.05) is 14.2 Å². The Bertz CT molecular complexity index is 679.